The zero-order valence-corrected chi connectivity index (χ0v) is 10.9. The second-order valence-electron chi connectivity index (χ2n) is 3.62. The van der Waals surface area contributed by atoms with Gasteiger partial charge in [-0.3, -0.25) is 11.3 Å². The lowest BCUT2D eigenvalue weighted by Gasteiger charge is -2.19. The van der Waals surface area contributed by atoms with Crippen LogP contribution in [0.1, 0.15) is 24.1 Å². The Hall–Kier alpha value is -0.710. The van der Waals surface area contributed by atoms with Gasteiger partial charge in [0, 0.05) is 11.3 Å². The van der Waals surface area contributed by atoms with E-state index in [1.165, 1.54) is 5.56 Å². The molecule has 3 nitrogen and oxygen atoms in total. The number of nitrogens with one attached hydrogen (secondary N) is 1. The van der Waals surface area contributed by atoms with Crippen LogP contribution in [0.4, 0.5) is 0 Å². The Balaban J connectivity index is 2.92. The van der Waals surface area contributed by atoms with Crippen LogP contribution < -0.4 is 16.0 Å². The predicted molar refractivity (Wildman–Crippen MR) is 70.8 cm³/mol. The summed E-state index contributed by atoms with van der Waals surface area (Å²) < 4.78 is 5.36. The van der Waals surface area contributed by atoms with Crippen LogP contribution in [0.15, 0.2) is 18.2 Å². The van der Waals surface area contributed by atoms with Crippen molar-refractivity contribution in [3.63, 3.8) is 0 Å². The lowest BCUT2D eigenvalue weighted by molar-refractivity contribution is 0.402. The molecule has 0 aliphatic rings. The summed E-state index contributed by atoms with van der Waals surface area (Å²) in [5.74, 6) is 8.53. The second-order valence-corrected chi connectivity index (χ2v) is 4.94. The number of nitrogens with two attached hydrogens (primary N) is 1. The minimum absolute atomic E-state index is 0.139. The molecule has 1 rings (SSSR count). The summed E-state index contributed by atoms with van der Waals surface area (Å²) in [4.78, 5) is 0. The fourth-order valence-electron chi connectivity index (χ4n) is 1.59. The van der Waals surface area contributed by atoms with E-state index in [1.807, 2.05) is 23.9 Å². The molecule has 0 fully saturated rings. The number of aryl methyl sites for hydroxylation is 1. The van der Waals surface area contributed by atoms with Crippen molar-refractivity contribution in [1.82, 2.24) is 5.43 Å². The molecule has 0 amide bonds. The van der Waals surface area contributed by atoms with E-state index in [9.17, 15) is 0 Å². The Bertz CT molecular complexity index is 331. The standard InChI is InChI=1S/C12H20N2OS/c1-4-16-8-11(14-13)10-7-9(2)5-6-12(10)15-3/h5-7,11,14H,4,8,13H2,1-3H3. The Morgan fingerprint density at radius 1 is 1.50 bits per heavy atom. The molecule has 0 aliphatic carbocycles. The SMILES string of the molecule is CCSCC(NN)c1cc(C)ccc1OC. The monoisotopic (exact) mass is 240 g/mol. The largest absolute Gasteiger partial charge is 0.496 e. The number of methoxy groups -OCH3 is 1. The molecular weight excluding hydrogens is 220 g/mol. The zero-order valence-electron chi connectivity index (χ0n) is 10.1. The zero-order chi connectivity index (χ0) is 12.0. The summed E-state index contributed by atoms with van der Waals surface area (Å²) >= 11 is 1.86. The molecule has 1 aromatic rings. The third kappa shape index (κ3) is 3.40. The van der Waals surface area contributed by atoms with Gasteiger partial charge in [0.1, 0.15) is 5.75 Å². The number of rotatable bonds is 6. The predicted octanol–water partition coefficient (Wildman–Crippen LogP) is 2.26. The highest BCUT2D eigenvalue weighted by Crippen LogP contribution is 2.28. The van der Waals surface area contributed by atoms with Gasteiger partial charge in [0.2, 0.25) is 0 Å². The van der Waals surface area contributed by atoms with Gasteiger partial charge in [0.15, 0.2) is 0 Å². The van der Waals surface area contributed by atoms with Crippen LogP contribution in [0.5, 0.6) is 5.75 Å². The first-order valence-electron chi connectivity index (χ1n) is 5.41. The topological polar surface area (TPSA) is 47.3 Å². The average molecular weight is 240 g/mol. The summed E-state index contributed by atoms with van der Waals surface area (Å²) in [5, 5.41) is 0. The van der Waals surface area contributed by atoms with Gasteiger partial charge < -0.3 is 4.74 Å². The molecule has 90 valence electrons. The molecule has 0 radical (unpaired) electrons. The summed E-state index contributed by atoms with van der Waals surface area (Å²) in [6, 6.07) is 6.30. The van der Waals surface area contributed by atoms with Crippen LogP contribution in [0.25, 0.3) is 0 Å². The minimum Gasteiger partial charge on any atom is -0.496 e. The van der Waals surface area contributed by atoms with Gasteiger partial charge in [-0.25, -0.2) is 0 Å². The van der Waals surface area contributed by atoms with Gasteiger partial charge in [-0.1, -0.05) is 24.6 Å². The normalized spacial score (nSPS) is 12.5. The fourth-order valence-corrected chi connectivity index (χ4v) is 2.34. The molecule has 0 saturated heterocycles. The molecule has 0 aliphatic heterocycles. The molecule has 0 aromatic heterocycles. The smallest absolute Gasteiger partial charge is 0.123 e. The van der Waals surface area contributed by atoms with Gasteiger partial charge in [0.05, 0.1) is 13.2 Å². The maximum atomic E-state index is 5.60. The van der Waals surface area contributed by atoms with Gasteiger partial charge in [-0.15, -0.1) is 0 Å². The van der Waals surface area contributed by atoms with E-state index in [0.29, 0.717) is 0 Å². The van der Waals surface area contributed by atoms with E-state index < -0.39 is 0 Å². The second kappa shape index (κ2) is 6.78. The summed E-state index contributed by atoms with van der Waals surface area (Å²) in [7, 11) is 1.69. The molecule has 3 N–H and O–H groups in total. The van der Waals surface area contributed by atoms with Crippen molar-refractivity contribution in [1.29, 1.82) is 0 Å². The number of hydrogen-bond donors (Lipinski definition) is 2. The summed E-state index contributed by atoms with van der Waals surface area (Å²) in [6.07, 6.45) is 0. The van der Waals surface area contributed by atoms with Gasteiger partial charge in [-0.2, -0.15) is 11.8 Å². The van der Waals surface area contributed by atoms with Crippen molar-refractivity contribution in [2.45, 2.75) is 19.9 Å². The third-order valence-electron chi connectivity index (χ3n) is 2.45. The number of hydrazine groups is 1. The maximum absolute atomic E-state index is 5.60. The fraction of sp³-hybridized carbons (Fsp3) is 0.500. The Morgan fingerprint density at radius 2 is 2.25 bits per heavy atom. The molecule has 1 atom stereocenters. The van der Waals surface area contributed by atoms with Crippen LogP contribution in [0.3, 0.4) is 0 Å². The van der Waals surface area contributed by atoms with E-state index in [-0.39, 0.29) is 6.04 Å². The van der Waals surface area contributed by atoms with E-state index in [1.54, 1.807) is 7.11 Å². The molecule has 16 heavy (non-hydrogen) atoms. The average Bonchev–Trinajstić information content (AvgIpc) is 2.30. The molecule has 0 heterocycles. The summed E-state index contributed by atoms with van der Waals surface area (Å²) in [5.41, 5.74) is 5.20. The first-order valence-corrected chi connectivity index (χ1v) is 6.56. The third-order valence-corrected chi connectivity index (χ3v) is 3.43. The van der Waals surface area contributed by atoms with Crippen molar-refractivity contribution in [3.05, 3.63) is 29.3 Å². The molecule has 0 saturated carbocycles. The molecule has 4 heteroatoms. The van der Waals surface area contributed by atoms with Crippen LogP contribution in [0, 0.1) is 6.92 Å². The molecular formula is C12H20N2OS. The van der Waals surface area contributed by atoms with Crippen LogP contribution >= 0.6 is 11.8 Å². The molecule has 1 aromatic carbocycles. The summed E-state index contributed by atoms with van der Waals surface area (Å²) in [6.45, 7) is 4.22. The number of ether oxygens (including phenoxy) is 1. The lowest BCUT2D eigenvalue weighted by atomic mass is 10.0. The first-order chi connectivity index (χ1) is 7.72. The maximum Gasteiger partial charge on any atom is 0.123 e. The van der Waals surface area contributed by atoms with E-state index in [2.05, 4.69) is 25.3 Å². The Kier molecular flexibility index (Phi) is 5.66. The first kappa shape index (κ1) is 13.4. The molecule has 1 unspecified atom stereocenters. The highest BCUT2D eigenvalue weighted by molar-refractivity contribution is 7.99. The molecule has 0 spiro atoms. The van der Waals surface area contributed by atoms with Crippen LogP contribution in [-0.2, 0) is 0 Å². The van der Waals surface area contributed by atoms with Gasteiger partial charge >= 0.3 is 0 Å². The van der Waals surface area contributed by atoms with E-state index in [0.717, 1.165) is 22.8 Å². The van der Waals surface area contributed by atoms with Gasteiger partial charge in [0.25, 0.3) is 0 Å². The van der Waals surface area contributed by atoms with Crippen molar-refractivity contribution in [2.75, 3.05) is 18.6 Å². The van der Waals surface area contributed by atoms with Crippen molar-refractivity contribution >= 4 is 11.8 Å². The van der Waals surface area contributed by atoms with Crippen LogP contribution in [0.2, 0.25) is 0 Å². The highest BCUT2D eigenvalue weighted by atomic mass is 32.2. The number of thioether (sulfide) groups is 1. The Labute approximate surface area is 102 Å². The van der Waals surface area contributed by atoms with E-state index >= 15 is 0 Å². The lowest BCUT2D eigenvalue weighted by Crippen LogP contribution is -2.30. The quantitative estimate of drug-likeness (QED) is 0.591. The van der Waals surface area contributed by atoms with Crippen LogP contribution in [-0.4, -0.2) is 18.6 Å². The minimum atomic E-state index is 0.139. The van der Waals surface area contributed by atoms with Gasteiger partial charge in [-0.05, 0) is 18.7 Å². The Morgan fingerprint density at radius 3 is 2.81 bits per heavy atom. The van der Waals surface area contributed by atoms with Crippen molar-refractivity contribution < 1.29 is 4.74 Å². The van der Waals surface area contributed by atoms with E-state index in [4.69, 9.17) is 10.6 Å². The molecule has 0 bridgehead atoms. The number of benzene rings is 1. The van der Waals surface area contributed by atoms with Crippen molar-refractivity contribution in [2.24, 2.45) is 5.84 Å². The van der Waals surface area contributed by atoms with Crippen molar-refractivity contribution in [3.8, 4) is 5.75 Å². The number of hydrogen-bond acceptors (Lipinski definition) is 4. The highest BCUT2D eigenvalue weighted by Gasteiger charge is 2.14.